The van der Waals surface area contributed by atoms with Gasteiger partial charge in [-0.05, 0) is 12.8 Å². The van der Waals surface area contributed by atoms with Gasteiger partial charge in [-0.25, -0.2) is 4.79 Å². The van der Waals surface area contributed by atoms with E-state index in [9.17, 15) is 29.4 Å². The summed E-state index contributed by atoms with van der Waals surface area (Å²) in [6, 6.07) is 0. The van der Waals surface area contributed by atoms with Crippen LogP contribution in [0.15, 0.2) is 0 Å². The molecule has 0 aliphatic carbocycles. The summed E-state index contributed by atoms with van der Waals surface area (Å²) in [4.78, 5) is 40.5. The molecule has 0 aliphatic heterocycles. The minimum atomic E-state index is -2.80. The summed E-state index contributed by atoms with van der Waals surface area (Å²) >= 11 is 0. The maximum absolute atomic E-state index is 10.3. The number of carbonyl (C=O) groups is 4. The zero-order valence-corrected chi connectivity index (χ0v) is 22.6. The number of carbonyl (C=O) groups excluding carboxylic acids is 2. The van der Waals surface area contributed by atoms with Gasteiger partial charge >= 0.3 is 35.0 Å². The molecule has 0 saturated heterocycles. The Bertz CT molecular complexity index is 538. The van der Waals surface area contributed by atoms with E-state index in [4.69, 9.17) is 15.3 Å². The van der Waals surface area contributed by atoms with Gasteiger partial charge < -0.3 is 40.6 Å². The Labute approximate surface area is 225 Å². The van der Waals surface area contributed by atoms with Crippen molar-refractivity contribution >= 4 is 46.9 Å². The van der Waals surface area contributed by atoms with Gasteiger partial charge in [0.25, 0.3) is 0 Å². The predicted molar refractivity (Wildman–Crippen MR) is 128 cm³/mol. The van der Waals surface area contributed by atoms with Gasteiger partial charge in [-0.2, -0.15) is 0 Å². The molecule has 0 fully saturated rings. The Morgan fingerprint density at radius 2 is 0.971 bits per heavy atom. The van der Waals surface area contributed by atoms with Crippen molar-refractivity contribution in [3.8, 4) is 0 Å². The molecular weight excluding hydrogens is 473 g/mol. The van der Waals surface area contributed by atoms with Crippen molar-refractivity contribution < 1.29 is 50.2 Å². The molecule has 0 bridgehead atoms. The van der Waals surface area contributed by atoms with Gasteiger partial charge in [-0.15, -0.1) is 0 Å². The number of aliphatic carboxylic acids is 4. The second kappa shape index (κ2) is 27.2. The molecule has 0 radical (unpaired) electrons. The maximum atomic E-state index is 10.3. The Hall–Kier alpha value is -1.43. The molecule has 0 rings (SSSR count). The molecule has 35 heavy (non-hydrogen) atoms. The van der Waals surface area contributed by atoms with Crippen molar-refractivity contribution in [2.24, 2.45) is 0 Å². The third kappa shape index (κ3) is 30.5. The molecular formula is C24H44MgO10. The molecule has 0 aliphatic rings. The Morgan fingerprint density at radius 1 is 0.629 bits per heavy atom. The van der Waals surface area contributed by atoms with E-state index in [-0.39, 0.29) is 34.9 Å². The SMILES string of the molecule is CCCCCCCCCCCCCCCCCC(=O)[O-].O.O=C([O-])CC(O)(CC(=O)O)C(=O)O.[Mg+2]. The van der Waals surface area contributed by atoms with Crippen LogP contribution in [-0.2, 0) is 19.2 Å². The standard InChI is InChI=1S/C18H36O2.C6H8O7.Mg.H2O/c1-2-3-4-5-6-7-8-9-10-11-12-13-14-15-16-17-18(19)20;7-3(8)1-6(13,5(11)12)2-4(9)10;;/h2-17H2,1H3,(H,19,20);13H,1-2H2,(H,7,8)(H,9,10)(H,11,12);;1H2/q;;+2;/p-2. The van der Waals surface area contributed by atoms with Crippen molar-refractivity contribution in [2.45, 2.75) is 128 Å². The molecule has 1 atom stereocenters. The third-order valence-corrected chi connectivity index (χ3v) is 5.26. The number of rotatable bonds is 21. The molecule has 0 aromatic carbocycles. The number of carboxylic acids is 4. The number of hydrogen-bond donors (Lipinski definition) is 3. The minimum absolute atomic E-state index is 0. The van der Waals surface area contributed by atoms with Crippen molar-refractivity contribution in [2.75, 3.05) is 0 Å². The van der Waals surface area contributed by atoms with Crippen LogP contribution in [0, 0.1) is 0 Å². The van der Waals surface area contributed by atoms with Crippen molar-refractivity contribution in [1.29, 1.82) is 0 Å². The number of aliphatic hydroxyl groups is 1. The van der Waals surface area contributed by atoms with Crippen LogP contribution in [0.2, 0.25) is 0 Å². The van der Waals surface area contributed by atoms with Crippen LogP contribution in [0.3, 0.4) is 0 Å². The first kappa shape index (κ1) is 40.7. The summed E-state index contributed by atoms with van der Waals surface area (Å²) in [6.45, 7) is 2.27. The fraction of sp³-hybridized carbons (Fsp3) is 0.833. The van der Waals surface area contributed by atoms with E-state index in [2.05, 4.69) is 6.92 Å². The number of carboxylic acid groups (broad SMARTS) is 4. The first-order chi connectivity index (χ1) is 15.5. The van der Waals surface area contributed by atoms with E-state index in [1.165, 1.54) is 83.5 Å². The third-order valence-electron chi connectivity index (χ3n) is 5.26. The van der Waals surface area contributed by atoms with E-state index in [0.29, 0.717) is 0 Å². The molecule has 0 amide bonds. The average Bonchev–Trinajstić information content (AvgIpc) is 2.70. The van der Waals surface area contributed by atoms with Crippen LogP contribution in [0.1, 0.15) is 122 Å². The molecule has 0 saturated carbocycles. The molecule has 202 valence electrons. The van der Waals surface area contributed by atoms with Crippen LogP contribution in [0.5, 0.6) is 0 Å². The van der Waals surface area contributed by atoms with Gasteiger partial charge in [-0.1, -0.05) is 96.8 Å². The molecule has 1 unspecified atom stereocenters. The minimum Gasteiger partial charge on any atom is -0.550 e. The zero-order chi connectivity index (χ0) is 25.5. The monoisotopic (exact) mass is 516 g/mol. The van der Waals surface area contributed by atoms with E-state index >= 15 is 0 Å². The molecule has 11 heteroatoms. The van der Waals surface area contributed by atoms with E-state index in [1.54, 1.807) is 0 Å². The summed E-state index contributed by atoms with van der Waals surface area (Å²) in [7, 11) is 0. The largest absolute Gasteiger partial charge is 2.00 e. The van der Waals surface area contributed by atoms with E-state index < -0.39 is 42.3 Å². The van der Waals surface area contributed by atoms with E-state index in [1.807, 2.05) is 0 Å². The number of unbranched alkanes of at least 4 members (excludes halogenated alkanes) is 14. The topological polar surface area (TPSA) is 207 Å². The van der Waals surface area contributed by atoms with Crippen LogP contribution in [-0.4, -0.2) is 73.3 Å². The van der Waals surface area contributed by atoms with Gasteiger partial charge in [0.15, 0.2) is 5.60 Å². The smallest absolute Gasteiger partial charge is 0.550 e. The average molecular weight is 517 g/mol. The van der Waals surface area contributed by atoms with Crippen molar-refractivity contribution in [3.63, 3.8) is 0 Å². The molecule has 0 spiro atoms. The summed E-state index contributed by atoms with van der Waals surface area (Å²) in [5, 5.41) is 45.7. The van der Waals surface area contributed by atoms with Crippen molar-refractivity contribution in [3.05, 3.63) is 0 Å². The molecule has 5 N–H and O–H groups in total. The van der Waals surface area contributed by atoms with Gasteiger partial charge in [0.2, 0.25) is 0 Å². The summed E-state index contributed by atoms with van der Waals surface area (Å²) < 4.78 is 0. The predicted octanol–water partition coefficient (Wildman–Crippen LogP) is 1.21. The summed E-state index contributed by atoms with van der Waals surface area (Å²) in [5.74, 6) is -6.24. The van der Waals surface area contributed by atoms with Crippen LogP contribution in [0.25, 0.3) is 0 Å². The van der Waals surface area contributed by atoms with Crippen LogP contribution >= 0.6 is 0 Å². The Balaban J connectivity index is -0.000000281. The van der Waals surface area contributed by atoms with Crippen LogP contribution in [0.4, 0.5) is 0 Å². The molecule has 0 aromatic rings. The Morgan fingerprint density at radius 3 is 1.23 bits per heavy atom. The summed E-state index contributed by atoms with van der Waals surface area (Å²) in [5.41, 5.74) is -2.80. The number of hydrogen-bond acceptors (Lipinski definition) is 7. The molecule has 0 aromatic heterocycles. The second-order valence-corrected chi connectivity index (χ2v) is 8.53. The fourth-order valence-corrected chi connectivity index (χ4v) is 3.34. The normalized spacial score (nSPS) is 11.6. The van der Waals surface area contributed by atoms with Gasteiger partial charge in [0, 0.05) is 18.4 Å². The van der Waals surface area contributed by atoms with Gasteiger partial charge in [-0.3, -0.25) is 4.79 Å². The summed E-state index contributed by atoms with van der Waals surface area (Å²) in [6.07, 6.45) is 17.4. The molecule has 0 heterocycles. The van der Waals surface area contributed by atoms with Crippen molar-refractivity contribution in [1.82, 2.24) is 0 Å². The van der Waals surface area contributed by atoms with Gasteiger partial charge in [0.1, 0.15) is 0 Å². The maximum Gasteiger partial charge on any atom is 2.00 e. The second-order valence-electron chi connectivity index (χ2n) is 8.53. The van der Waals surface area contributed by atoms with E-state index in [0.717, 1.165) is 12.8 Å². The fourth-order valence-electron chi connectivity index (χ4n) is 3.34. The quantitative estimate of drug-likeness (QED) is 0.148. The van der Waals surface area contributed by atoms with Gasteiger partial charge in [0.05, 0.1) is 6.42 Å². The zero-order valence-electron chi connectivity index (χ0n) is 21.2. The first-order valence-electron chi connectivity index (χ1n) is 12.1. The first-order valence-corrected chi connectivity index (χ1v) is 12.1. The molecule has 10 nitrogen and oxygen atoms in total. The Kier molecular flexibility index (Phi) is 31.6. The van der Waals surface area contributed by atoms with Crippen LogP contribution < -0.4 is 10.2 Å².